The molecule has 3 N–H and O–H groups in total. The van der Waals surface area contributed by atoms with E-state index in [1.165, 1.54) is 199 Å². The fraction of sp³-hybridized carbons (Fsp3) is 0.946. The summed E-state index contributed by atoms with van der Waals surface area (Å²) in [5.41, 5.74) is 0. The van der Waals surface area contributed by atoms with Gasteiger partial charge in [-0.2, -0.15) is 0 Å². The van der Waals surface area contributed by atoms with Crippen LogP contribution in [-0.4, -0.2) is 96.7 Å². The van der Waals surface area contributed by atoms with Crippen molar-refractivity contribution >= 4 is 39.5 Å². The zero-order valence-electron chi connectivity index (χ0n) is 60.6. The first kappa shape index (κ1) is 91.1. The summed E-state index contributed by atoms with van der Waals surface area (Å²) in [5, 5.41) is 10.6. The fourth-order valence-corrected chi connectivity index (χ4v) is 12.8. The SMILES string of the molecule is CCCCCCCCCCCCCCCCCCC(=O)O[C@H](COC(=O)CCCCCCCCCCCCCCC)COP(=O)(O)OC[C@@H](O)COP(=O)(O)OC[C@@H](COC(=O)CCCCCCCCCCC(C)CC)OC(=O)CCCCCCCCCCCC(C)C. The molecule has 0 bridgehead atoms. The van der Waals surface area contributed by atoms with Gasteiger partial charge in [0.15, 0.2) is 12.2 Å². The van der Waals surface area contributed by atoms with Crippen LogP contribution < -0.4 is 0 Å². The standard InChI is InChI=1S/C74H144O17P2/c1-7-10-12-14-16-18-20-22-23-24-26-28-32-40-46-52-58-73(78)90-69(62-84-71(76)56-50-44-38-31-27-25-21-19-17-15-13-11-8-2)64-88-92(80,81)86-60-68(75)61-87-93(82,83)89-65-70(91-74(79)59-53-47-41-33-29-30-36-42-48-54-66(4)5)63-85-72(77)57-51-45-39-35-34-37-43-49-55-67(6)9-3/h66-70,75H,7-65H2,1-6H3,(H,80,81)(H,82,83)/t67?,68-,69-,70-/m1/s1. The van der Waals surface area contributed by atoms with Crippen LogP contribution in [0.1, 0.15) is 382 Å². The van der Waals surface area contributed by atoms with Gasteiger partial charge in [-0.3, -0.25) is 37.3 Å². The lowest BCUT2D eigenvalue weighted by Gasteiger charge is -2.21. The first-order valence-corrected chi connectivity index (χ1v) is 41.5. The second-order valence-electron chi connectivity index (χ2n) is 27.4. The monoisotopic (exact) mass is 1370 g/mol. The quantitative estimate of drug-likeness (QED) is 0.0222. The molecule has 0 aliphatic heterocycles. The van der Waals surface area contributed by atoms with Crippen LogP contribution in [0.5, 0.6) is 0 Å². The number of carbonyl (C=O) groups is 4. The summed E-state index contributed by atoms with van der Waals surface area (Å²) in [4.78, 5) is 72.8. The number of ether oxygens (including phenoxy) is 4. The number of phosphoric ester groups is 2. The first-order valence-electron chi connectivity index (χ1n) is 38.5. The highest BCUT2D eigenvalue weighted by atomic mass is 31.2. The van der Waals surface area contributed by atoms with Crippen LogP contribution in [0.15, 0.2) is 0 Å². The number of rotatable bonds is 73. The summed E-state index contributed by atoms with van der Waals surface area (Å²) >= 11 is 0. The number of esters is 4. The van der Waals surface area contributed by atoms with Crippen LogP contribution in [0.25, 0.3) is 0 Å². The average molecular weight is 1370 g/mol. The normalized spacial score (nSPS) is 14.3. The van der Waals surface area contributed by atoms with Crippen molar-refractivity contribution in [3.8, 4) is 0 Å². The lowest BCUT2D eigenvalue weighted by atomic mass is 9.99. The second kappa shape index (κ2) is 66.0. The molecular weight excluding hydrogens is 1220 g/mol. The molecule has 0 saturated carbocycles. The molecule has 0 aromatic rings. The zero-order valence-corrected chi connectivity index (χ0v) is 62.3. The van der Waals surface area contributed by atoms with Crippen LogP contribution in [-0.2, 0) is 65.4 Å². The minimum Gasteiger partial charge on any atom is -0.462 e. The molecule has 0 aromatic carbocycles. The Morgan fingerprint density at radius 3 is 0.817 bits per heavy atom. The minimum absolute atomic E-state index is 0.105. The van der Waals surface area contributed by atoms with E-state index in [2.05, 4.69) is 41.5 Å². The predicted octanol–water partition coefficient (Wildman–Crippen LogP) is 21.6. The Kier molecular flexibility index (Phi) is 64.6. The van der Waals surface area contributed by atoms with E-state index in [-0.39, 0.29) is 25.7 Å². The van der Waals surface area contributed by atoms with Crippen molar-refractivity contribution in [2.75, 3.05) is 39.6 Å². The van der Waals surface area contributed by atoms with Gasteiger partial charge in [-0.15, -0.1) is 0 Å². The Morgan fingerprint density at radius 2 is 0.548 bits per heavy atom. The molecule has 552 valence electrons. The Labute approximate surface area is 568 Å². The molecule has 0 heterocycles. The smallest absolute Gasteiger partial charge is 0.462 e. The van der Waals surface area contributed by atoms with Crippen molar-refractivity contribution in [1.82, 2.24) is 0 Å². The van der Waals surface area contributed by atoms with Gasteiger partial charge in [0.05, 0.1) is 26.4 Å². The number of aliphatic hydroxyl groups is 1. The summed E-state index contributed by atoms with van der Waals surface area (Å²) in [6.45, 7) is 9.57. The Hall–Kier alpha value is -1.94. The van der Waals surface area contributed by atoms with Crippen LogP contribution in [0, 0.1) is 11.8 Å². The van der Waals surface area contributed by atoms with Crippen molar-refractivity contribution in [3.05, 3.63) is 0 Å². The summed E-state index contributed by atoms with van der Waals surface area (Å²) < 4.78 is 68.5. The molecule has 0 aromatic heterocycles. The molecule has 0 aliphatic carbocycles. The Bertz CT molecular complexity index is 1810. The van der Waals surface area contributed by atoms with E-state index in [9.17, 15) is 43.2 Å². The highest BCUT2D eigenvalue weighted by Gasteiger charge is 2.30. The maximum Gasteiger partial charge on any atom is 0.472 e. The molecular formula is C74H144O17P2. The maximum absolute atomic E-state index is 13.1. The van der Waals surface area contributed by atoms with Gasteiger partial charge in [0, 0.05) is 25.7 Å². The van der Waals surface area contributed by atoms with E-state index in [1.54, 1.807) is 0 Å². The third kappa shape index (κ3) is 67.0. The van der Waals surface area contributed by atoms with Crippen LogP contribution >= 0.6 is 15.6 Å². The number of carbonyl (C=O) groups excluding carboxylic acids is 4. The lowest BCUT2D eigenvalue weighted by Crippen LogP contribution is -2.30. The molecule has 0 amide bonds. The van der Waals surface area contributed by atoms with E-state index in [0.717, 1.165) is 102 Å². The lowest BCUT2D eigenvalue weighted by molar-refractivity contribution is -0.161. The number of hydrogen-bond acceptors (Lipinski definition) is 15. The second-order valence-corrected chi connectivity index (χ2v) is 30.3. The molecule has 0 fully saturated rings. The summed E-state index contributed by atoms with van der Waals surface area (Å²) in [5.74, 6) is -0.603. The van der Waals surface area contributed by atoms with Gasteiger partial charge in [0.2, 0.25) is 0 Å². The first-order chi connectivity index (χ1) is 44.9. The molecule has 0 aliphatic rings. The van der Waals surface area contributed by atoms with E-state index >= 15 is 0 Å². The molecule has 3 unspecified atom stereocenters. The molecule has 6 atom stereocenters. The van der Waals surface area contributed by atoms with Crippen molar-refractivity contribution in [2.45, 2.75) is 400 Å². The molecule has 93 heavy (non-hydrogen) atoms. The molecule has 0 rings (SSSR count). The zero-order chi connectivity index (χ0) is 68.6. The molecule has 0 radical (unpaired) electrons. The van der Waals surface area contributed by atoms with Gasteiger partial charge in [0.1, 0.15) is 19.3 Å². The topological polar surface area (TPSA) is 237 Å². The maximum atomic E-state index is 13.1. The van der Waals surface area contributed by atoms with Crippen LogP contribution in [0.3, 0.4) is 0 Å². The largest absolute Gasteiger partial charge is 0.472 e. The third-order valence-electron chi connectivity index (χ3n) is 17.6. The van der Waals surface area contributed by atoms with Gasteiger partial charge < -0.3 is 33.8 Å². The molecule has 0 spiro atoms. The van der Waals surface area contributed by atoms with Gasteiger partial charge >= 0.3 is 39.5 Å². The fourth-order valence-electron chi connectivity index (χ4n) is 11.3. The number of phosphoric acid groups is 2. The molecule has 17 nitrogen and oxygen atoms in total. The average Bonchev–Trinajstić information content (AvgIpc) is 2.77. The number of hydrogen-bond donors (Lipinski definition) is 3. The van der Waals surface area contributed by atoms with Crippen molar-refractivity contribution in [2.24, 2.45) is 11.8 Å². The van der Waals surface area contributed by atoms with Crippen molar-refractivity contribution < 1.29 is 80.2 Å². The Morgan fingerprint density at radius 1 is 0.312 bits per heavy atom. The predicted molar refractivity (Wildman–Crippen MR) is 377 cm³/mol. The minimum atomic E-state index is -4.95. The van der Waals surface area contributed by atoms with Crippen LogP contribution in [0.4, 0.5) is 0 Å². The highest BCUT2D eigenvalue weighted by molar-refractivity contribution is 7.47. The molecule has 0 saturated heterocycles. The van der Waals surface area contributed by atoms with Gasteiger partial charge in [-0.05, 0) is 37.5 Å². The van der Waals surface area contributed by atoms with Crippen molar-refractivity contribution in [1.29, 1.82) is 0 Å². The molecule has 19 heteroatoms. The van der Waals surface area contributed by atoms with E-state index in [0.29, 0.717) is 25.7 Å². The van der Waals surface area contributed by atoms with E-state index < -0.39 is 97.5 Å². The summed E-state index contributed by atoms with van der Waals surface area (Å²) in [6, 6.07) is 0. The summed E-state index contributed by atoms with van der Waals surface area (Å²) in [7, 11) is -9.91. The summed E-state index contributed by atoms with van der Waals surface area (Å²) in [6.07, 6.45) is 52.6. The highest BCUT2D eigenvalue weighted by Crippen LogP contribution is 2.45. The van der Waals surface area contributed by atoms with Crippen molar-refractivity contribution in [3.63, 3.8) is 0 Å². The number of unbranched alkanes of at least 4 members (excludes halogenated alkanes) is 42. The van der Waals surface area contributed by atoms with Gasteiger partial charge in [0.25, 0.3) is 0 Å². The van der Waals surface area contributed by atoms with E-state index in [4.69, 9.17) is 37.0 Å². The third-order valence-corrected chi connectivity index (χ3v) is 19.5. The number of aliphatic hydroxyl groups excluding tert-OH is 1. The van der Waals surface area contributed by atoms with Gasteiger partial charge in [-0.1, -0.05) is 330 Å². The van der Waals surface area contributed by atoms with Gasteiger partial charge in [-0.25, -0.2) is 9.13 Å². The van der Waals surface area contributed by atoms with Crippen LogP contribution in [0.2, 0.25) is 0 Å². The van der Waals surface area contributed by atoms with E-state index in [1.807, 2.05) is 0 Å². The Balaban J connectivity index is 5.26.